The van der Waals surface area contributed by atoms with E-state index in [0.29, 0.717) is 5.69 Å². The van der Waals surface area contributed by atoms with Gasteiger partial charge >= 0.3 is 5.97 Å². The molecule has 0 bridgehead atoms. The molecule has 0 saturated carbocycles. The molecule has 72 valence electrons. The first-order valence-electron chi connectivity index (χ1n) is 4.10. The molecule has 0 aliphatic carbocycles. The minimum Gasteiger partial charge on any atom is -0.472 e. The Morgan fingerprint density at radius 1 is 1.50 bits per heavy atom. The highest BCUT2D eigenvalue weighted by Gasteiger charge is 2.09. The summed E-state index contributed by atoms with van der Waals surface area (Å²) in [6.07, 6.45) is 4.93. The number of hydrogen-bond acceptors (Lipinski definition) is 3. The van der Waals surface area contributed by atoms with Crippen molar-refractivity contribution in [2.45, 2.75) is 0 Å². The van der Waals surface area contributed by atoms with Crippen LogP contribution < -0.4 is 0 Å². The van der Waals surface area contributed by atoms with Gasteiger partial charge in [-0.3, -0.25) is 0 Å². The number of methoxy groups -OCH3 is 1. The zero-order valence-corrected chi connectivity index (χ0v) is 7.61. The fourth-order valence-corrected chi connectivity index (χ4v) is 1.22. The van der Waals surface area contributed by atoms with Gasteiger partial charge in [-0.2, -0.15) is 0 Å². The van der Waals surface area contributed by atoms with Crippen LogP contribution in [0.3, 0.4) is 0 Å². The number of carbonyl (C=O) groups is 1. The molecule has 0 spiro atoms. The summed E-state index contributed by atoms with van der Waals surface area (Å²) in [7, 11) is 1.35. The number of rotatable bonds is 2. The van der Waals surface area contributed by atoms with Gasteiger partial charge in [0.25, 0.3) is 0 Å². The maximum Gasteiger partial charge on any atom is 0.354 e. The predicted octanol–water partition coefficient (Wildman–Crippen LogP) is 2.06. The second-order valence-corrected chi connectivity index (χ2v) is 2.81. The Balaban J connectivity index is 2.31. The predicted molar refractivity (Wildman–Crippen MR) is 49.8 cm³/mol. The van der Waals surface area contributed by atoms with Crippen molar-refractivity contribution in [3.05, 3.63) is 36.5 Å². The van der Waals surface area contributed by atoms with E-state index in [-0.39, 0.29) is 5.97 Å². The average molecular weight is 191 g/mol. The van der Waals surface area contributed by atoms with Crippen LogP contribution in [0.15, 0.2) is 35.3 Å². The average Bonchev–Trinajstić information content (AvgIpc) is 2.86. The van der Waals surface area contributed by atoms with Gasteiger partial charge in [0.15, 0.2) is 0 Å². The maximum absolute atomic E-state index is 11.1. The van der Waals surface area contributed by atoms with Gasteiger partial charge in [0.1, 0.15) is 5.69 Å². The Kier molecular flexibility index (Phi) is 2.10. The van der Waals surface area contributed by atoms with Crippen LogP contribution in [0.5, 0.6) is 0 Å². The quantitative estimate of drug-likeness (QED) is 0.739. The summed E-state index contributed by atoms with van der Waals surface area (Å²) in [5.74, 6) is -0.375. The largest absolute Gasteiger partial charge is 0.472 e. The molecule has 0 aliphatic heterocycles. The number of esters is 1. The number of furan rings is 1. The van der Waals surface area contributed by atoms with Crippen LogP contribution in [0, 0.1) is 0 Å². The van der Waals surface area contributed by atoms with Crippen molar-refractivity contribution in [1.82, 2.24) is 4.98 Å². The molecule has 0 aromatic carbocycles. The lowest BCUT2D eigenvalue weighted by Crippen LogP contribution is -2.00. The van der Waals surface area contributed by atoms with Gasteiger partial charge in [0.2, 0.25) is 0 Å². The van der Waals surface area contributed by atoms with Crippen LogP contribution in [0.4, 0.5) is 0 Å². The second-order valence-electron chi connectivity index (χ2n) is 2.81. The van der Waals surface area contributed by atoms with Gasteiger partial charge in [-0.25, -0.2) is 4.79 Å². The summed E-state index contributed by atoms with van der Waals surface area (Å²) in [5.41, 5.74) is 2.26. The highest BCUT2D eigenvalue weighted by Crippen LogP contribution is 2.20. The standard InChI is InChI=1S/C10H9NO3/c1-13-10(12)9-4-8(5-11-9)7-2-3-14-6-7/h2-6,11H,1H3. The van der Waals surface area contributed by atoms with E-state index >= 15 is 0 Å². The summed E-state index contributed by atoms with van der Waals surface area (Å²) < 4.78 is 9.51. The smallest absolute Gasteiger partial charge is 0.354 e. The monoisotopic (exact) mass is 191 g/mol. The van der Waals surface area contributed by atoms with E-state index in [0.717, 1.165) is 11.1 Å². The normalized spacial score (nSPS) is 10.1. The summed E-state index contributed by atoms with van der Waals surface area (Å²) in [4.78, 5) is 13.9. The van der Waals surface area contributed by atoms with Crippen LogP contribution >= 0.6 is 0 Å². The van der Waals surface area contributed by atoms with Crippen LogP contribution in [0.25, 0.3) is 11.1 Å². The molecule has 2 heterocycles. The van der Waals surface area contributed by atoms with Crippen molar-refractivity contribution in [1.29, 1.82) is 0 Å². The number of nitrogens with one attached hydrogen (secondary N) is 1. The van der Waals surface area contributed by atoms with Crippen LogP contribution in [0.2, 0.25) is 0 Å². The third kappa shape index (κ3) is 1.42. The molecule has 2 aromatic heterocycles. The number of carbonyl (C=O) groups excluding carboxylic acids is 1. The molecule has 0 unspecified atom stereocenters. The van der Waals surface area contributed by atoms with E-state index in [2.05, 4.69) is 9.72 Å². The third-order valence-corrected chi connectivity index (χ3v) is 1.94. The minimum atomic E-state index is -0.375. The van der Waals surface area contributed by atoms with Gasteiger partial charge in [-0.05, 0) is 12.1 Å². The molecule has 0 saturated heterocycles. The lowest BCUT2D eigenvalue weighted by molar-refractivity contribution is 0.0595. The van der Waals surface area contributed by atoms with Crippen LogP contribution in [0.1, 0.15) is 10.5 Å². The van der Waals surface area contributed by atoms with E-state index < -0.39 is 0 Å². The highest BCUT2D eigenvalue weighted by molar-refractivity contribution is 5.89. The molecule has 0 amide bonds. The van der Waals surface area contributed by atoms with Crippen LogP contribution in [-0.2, 0) is 4.74 Å². The highest BCUT2D eigenvalue weighted by atomic mass is 16.5. The van der Waals surface area contributed by atoms with Crippen molar-refractivity contribution in [3.63, 3.8) is 0 Å². The SMILES string of the molecule is COC(=O)c1cc(-c2ccoc2)c[nH]1. The summed E-state index contributed by atoms with van der Waals surface area (Å²) in [5, 5.41) is 0. The number of aromatic nitrogens is 1. The Labute approximate surface area is 80.5 Å². The molecular formula is C10H9NO3. The molecule has 4 nitrogen and oxygen atoms in total. The number of aromatic amines is 1. The third-order valence-electron chi connectivity index (χ3n) is 1.94. The number of hydrogen-bond donors (Lipinski definition) is 1. The Hall–Kier alpha value is -1.97. The zero-order valence-electron chi connectivity index (χ0n) is 7.61. The van der Waals surface area contributed by atoms with E-state index in [1.54, 1.807) is 24.8 Å². The first-order chi connectivity index (χ1) is 6.81. The molecule has 4 heteroatoms. The number of ether oxygens (including phenoxy) is 1. The van der Waals surface area contributed by atoms with E-state index in [4.69, 9.17) is 4.42 Å². The van der Waals surface area contributed by atoms with Gasteiger partial charge in [-0.1, -0.05) is 0 Å². The van der Waals surface area contributed by atoms with Crippen molar-refractivity contribution >= 4 is 5.97 Å². The molecular weight excluding hydrogens is 182 g/mol. The first kappa shape index (κ1) is 8.62. The van der Waals surface area contributed by atoms with E-state index in [1.165, 1.54) is 7.11 Å². The van der Waals surface area contributed by atoms with Gasteiger partial charge in [0, 0.05) is 17.3 Å². The minimum absolute atomic E-state index is 0.375. The molecule has 0 atom stereocenters. The second kappa shape index (κ2) is 3.41. The fourth-order valence-electron chi connectivity index (χ4n) is 1.22. The summed E-state index contributed by atoms with van der Waals surface area (Å²) in [6, 6.07) is 3.54. The van der Waals surface area contributed by atoms with Crippen molar-refractivity contribution in [2.24, 2.45) is 0 Å². The van der Waals surface area contributed by atoms with Crippen molar-refractivity contribution in [2.75, 3.05) is 7.11 Å². The lowest BCUT2D eigenvalue weighted by Gasteiger charge is -1.92. The summed E-state index contributed by atoms with van der Waals surface area (Å²) >= 11 is 0. The molecule has 2 aromatic rings. The number of H-pyrrole nitrogens is 1. The molecule has 2 rings (SSSR count). The fraction of sp³-hybridized carbons (Fsp3) is 0.100. The lowest BCUT2D eigenvalue weighted by atomic mass is 10.2. The topological polar surface area (TPSA) is 55.2 Å². The van der Waals surface area contributed by atoms with E-state index in [9.17, 15) is 4.79 Å². The van der Waals surface area contributed by atoms with Crippen molar-refractivity contribution < 1.29 is 13.9 Å². The molecule has 0 aliphatic rings. The van der Waals surface area contributed by atoms with Gasteiger partial charge in [0.05, 0.1) is 19.6 Å². The Morgan fingerprint density at radius 2 is 2.36 bits per heavy atom. The first-order valence-corrected chi connectivity index (χ1v) is 4.10. The Bertz CT molecular complexity index is 428. The van der Waals surface area contributed by atoms with E-state index in [1.807, 2.05) is 6.07 Å². The molecule has 1 N–H and O–H groups in total. The molecule has 0 radical (unpaired) electrons. The van der Waals surface area contributed by atoms with Crippen molar-refractivity contribution in [3.8, 4) is 11.1 Å². The van der Waals surface area contributed by atoms with Crippen LogP contribution in [-0.4, -0.2) is 18.1 Å². The van der Waals surface area contributed by atoms with Gasteiger partial charge < -0.3 is 14.1 Å². The van der Waals surface area contributed by atoms with Gasteiger partial charge in [-0.15, -0.1) is 0 Å². The molecule has 14 heavy (non-hydrogen) atoms. The Morgan fingerprint density at radius 3 is 3.00 bits per heavy atom. The zero-order chi connectivity index (χ0) is 9.97. The maximum atomic E-state index is 11.1. The summed E-state index contributed by atoms with van der Waals surface area (Å²) in [6.45, 7) is 0. The molecule has 0 fully saturated rings.